The number of rotatable bonds is 8. The fraction of sp³-hybridized carbons (Fsp3) is 0.583. The Hall–Kier alpha value is -2.54. The minimum absolute atomic E-state index is 0.238. The van der Waals surface area contributed by atoms with Crippen molar-refractivity contribution in [2.45, 2.75) is 52.6 Å². The van der Waals surface area contributed by atoms with Gasteiger partial charge in [-0.3, -0.25) is 9.58 Å². The number of nitrogens with one attached hydrogen (secondary N) is 2. The molecular weight excluding hydrogens is 388 g/mol. The van der Waals surface area contributed by atoms with Gasteiger partial charge in [0.15, 0.2) is 5.96 Å². The molecule has 1 aliphatic rings. The molecule has 0 amide bonds. The number of hydrogen-bond acceptors (Lipinski definition) is 4. The van der Waals surface area contributed by atoms with Crippen LogP contribution in [0, 0.1) is 13.8 Å². The number of methoxy groups -OCH3 is 1. The Morgan fingerprint density at radius 2 is 1.90 bits per heavy atom. The highest BCUT2D eigenvalue weighted by Gasteiger charge is 2.25. The quantitative estimate of drug-likeness (QED) is 0.501. The number of aliphatic imine (C=N–C) groups is 1. The van der Waals surface area contributed by atoms with E-state index in [4.69, 9.17) is 9.73 Å². The molecule has 0 bridgehead atoms. The molecule has 1 unspecified atom stereocenters. The Labute approximate surface area is 186 Å². The van der Waals surface area contributed by atoms with Crippen LogP contribution in [-0.4, -0.2) is 53.9 Å². The fourth-order valence-corrected chi connectivity index (χ4v) is 4.35. The second-order valence-electron chi connectivity index (χ2n) is 8.20. The molecule has 7 heteroatoms. The summed E-state index contributed by atoms with van der Waals surface area (Å²) in [7, 11) is 3.74. The van der Waals surface area contributed by atoms with Crippen molar-refractivity contribution in [1.29, 1.82) is 0 Å². The number of para-hydroxylation sites is 1. The van der Waals surface area contributed by atoms with Gasteiger partial charge in [0.05, 0.1) is 25.4 Å². The largest absolute Gasteiger partial charge is 0.496 e. The first-order valence-electron chi connectivity index (χ1n) is 11.4. The summed E-state index contributed by atoms with van der Waals surface area (Å²) in [5.74, 6) is 1.78. The van der Waals surface area contributed by atoms with Crippen LogP contribution < -0.4 is 15.4 Å². The van der Waals surface area contributed by atoms with Crippen LogP contribution in [0.25, 0.3) is 0 Å². The molecule has 0 saturated carbocycles. The third-order valence-electron chi connectivity index (χ3n) is 6.19. The summed E-state index contributed by atoms with van der Waals surface area (Å²) in [6.07, 6.45) is 3.81. The summed E-state index contributed by atoms with van der Waals surface area (Å²) < 4.78 is 7.62. The fourth-order valence-electron chi connectivity index (χ4n) is 4.35. The lowest BCUT2D eigenvalue weighted by atomic mass is 10.0. The van der Waals surface area contributed by atoms with Crippen molar-refractivity contribution < 1.29 is 4.74 Å². The van der Waals surface area contributed by atoms with Crippen LogP contribution in [0.1, 0.15) is 54.7 Å². The lowest BCUT2D eigenvalue weighted by Gasteiger charge is -2.35. The van der Waals surface area contributed by atoms with Crippen LogP contribution >= 0.6 is 0 Å². The van der Waals surface area contributed by atoms with Gasteiger partial charge in [0.25, 0.3) is 0 Å². The molecule has 7 nitrogen and oxygen atoms in total. The molecule has 2 N–H and O–H groups in total. The zero-order valence-electron chi connectivity index (χ0n) is 19.7. The van der Waals surface area contributed by atoms with Gasteiger partial charge in [0, 0.05) is 37.0 Å². The van der Waals surface area contributed by atoms with E-state index >= 15 is 0 Å². The smallest absolute Gasteiger partial charge is 0.191 e. The van der Waals surface area contributed by atoms with E-state index in [0.29, 0.717) is 6.54 Å². The van der Waals surface area contributed by atoms with Gasteiger partial charge in [0.2, 0.25) is 0 Å². The van der Waals surface area contributed by atoms with Crippen molar-refractivity contribution in [1.82, 2.24) is 25.3 Å². The molecular formula is C24H38N6O. The Kier molecular flexibility index (Phi) is 8.35. The van der Waals surface area contributed by atoms with Crippen LogP contribution in [0.2, 0.25) is 0 Å². The predicted molar refractivity (Wildman–Crippen MR) is 127 cm³/mol. The zero-order chi connectivity index (χ0) is 22.2. The average molecular weight is 427 g/mol. The van der Waals surface area contributed by atoms with Crippen molar-refractivity contribution >= 4 is 5.96 Å². The van der Waals surface area contributed by atoms with Crippen LogP contribution in [0.15, 0.2) is 29.3 Å². The number of benzene rings is 1. The highest BCUT2D eigenvalue weighted by Crippen LogP contribution is 2.30. The molecule has 0 spiro atoms. The normalized spacial score (nSPS) is 16.2. The van der Waals surface area contributed by atoms with Gasteiger partial charge in [-0.05, 0) is 52.8 Å². The number of guanidine groups is 1. The molecule has 170 valence electrons. The molecule has 0 aliphatic carbocycles. The first-order valence-corrected chi connectivity index (χ1v) is 11.4. The number of hydrogen-bond donors (Lipinski definition) is 2. The lowest BCUT2D eigenvalue weighted by Crippen LogP contribution is -2.44. The third-order valence-corrected chi connectivity index (χ3v) is 6.19. The number of aryl methyl sites for hydroxylation is 2. The topological polar surface area (TPSA) is 66.7 Å². The maximum Gasteiger partial charge on any atom is 0.191 e. The van der Waals surface area contributed by atoms with Crippen LogP contribution in [-0.2, 0) is 13.6 Å². The average Bonchev–Trinajstić information content (AvgIpc) is 3.04. The first-order chi connectivity index (χ1) is 15.0. The second kappa shape index (κ2) is 11.2. The van der Waals surface area contributed by atoms with E-state index in [-0.39, 0.29) is 6.04 Å². The zero-order valence-corrected chi connectivity index (χ0v) is 19.7. The summed E-state index contributed by atoms with van der Waals surface area (Å²) in [5.41, 5.74) is 4.63. The Balaban J connectivity index is 1.78. The Morgan fingerprint density at radius 1 is 1.16 bits per heavy atom. The molecule has 1 aliphatic heterocycles. The van der Waals surface area contributed by atoms with Crippen LogP contribution in [0.4, 0.5) is 0 Å². The van der Waals surface area contributed by atoms with Crippen LogP contribution in [0.3, 0.4) is 0 Å². The number of piperidine rings is 1. The predicted octanol–water partition coefficient (Wildman–Crippen LogP) is 3.33. The van der Waals surface area contributed by atoms with E-state index in [2.05, 4.69) is 52.7 Å². The standard InChI is InChI=1S/C24H38N6O/c1-6-25-24(26-16-21-18(2)28-29(4)19(21)3)27-17-22(30-14-10-7-11-15-30)20-12-8-9-13-23(20)31-5/h8-9,12-13,22H,6-7,10-11,14-17H2,1-5H3,(H2,25,26,27). The molecule has 1 aromatic heterocycles. The van der Waals surface area contributed by atoms with Gasteiger partial charge in [-0.1, -0.05) is 24.6 Å². The van der Waals surface area contributed by atoms with E-state index in [1.807, 2.05) is 24.7 Å². The highest BCUT2D eigenvalue weighted by atomic mass is 16.5. The summed E-state index contributed by atoms with van der Waals surface area (Å²) in [5, 5.41) is 11.5. The van der Waals surface area contributed by atoms with Crippen molar-refractivity contribution in [2.75, 3.05) is 33.3 Å². The number of likely N-dealkylation sites (tertiary alicyclic amines) is 1. The molecule has 31 heavy (non-hydrogen) atoms. The Bertz CT molecular complexity index is 869. The molecule has 2 heterocycles. The van der Waals surface area contributed by atoms with Gasteiger partial charge in [-0.25, -0.2) is 4.99 Å². The van der Waals surface area contributed by atoms with Crippen molar-refractivity contribution in [3.05, 3.63) is 46.8 Å². The summed E-state index contributed by atoms with van der Waals surface area (Å²) in [4.78, 5) is 7.44. The molecule has 1 atom stereocenters. The summed E-state index contributed by atoms with van der Waals surface area (Å²) in [6.45, 7) is 10.7. The summed E-state index contributed by atoms with van der Waals surface area (Å²) >= 11 is 0. The maximum atomic E-state index is 5.70. The van der Waals surface area contributed by atoms with Gasteiger partial charge < -0.3 is 15.4 Å². The second-order valence-corrected chi connectivity index (χ2v) is 8.20. The van der Waals surface area contributed by atoms with Crippen molar-refractivity contribution in [2.24, 2.45) is 12.0 Å². The van der Waals surface area contributed by atoms with Gasteiger partial charge in [-0.2, -0.15) is 5.10 Å². The van der Waals surface area contributed by atoms with Gasteiger partial charge in [0.1, 0.15) is 5.75 Å². The van der Waals surface area contributed by atoms with Gasteiger partial charge in [-0.15, -0.1) is 0 Å². The number of aromatic nitrogens is 2. The summed E-state index contributed by atoms with van der Waals surface area (Å²) in [6, 6.07) is 8.61. The third kappa shape index (κ3) is 5.79. The van der Waals surface area contributed by atoms with Crippen molar-refractivity contribution in [3.63, 3.8) is 0 Å². The van der Waals surface area contributed by atoms with Gasteiger partial charge >= 0.3 is 0 Å². The van der Waals surface area contributed by atoms with E-state index in [9.17, 15) is 0 Å². The molecule has 1 aromatic carbocycles. The minimum atomic E-state index is 0.238. The number of ether oxygens (including phenoxy) is 1. The molecule has 2 aromatic rings. The monoisotopic (exact) mass is 426 g/mol. The SMILES string of the molecule is CCNC(=NCc1c(C)nn(C)c1C)NCC(c1ccccc1OC)N1CCCCC1. The van der Waals surface area contributed by atoms with E-state index < -0.39 is 0 Å². The highest BCUT2D eigenvalue weighted by molar-refractivity contribution is 5.79. The molecule has 3 rings (SSSR count). The molecule has 0 radical (unpaired) electrons. The van der Waals surface area contributed by atoms with E-state index in [1.165, 1.54) is 30.4 Å². The maximum absolute atomic E-state index is 5.70. The van der Waals surface area contributed by atoms with Crippen LogP contribution in [0.5, 0.6) is 5.75 Å². The number of nitrogens with zero attached hydrogens (tertiary/aromatic N) is 4. The molecule has 1 saturated heterocycles. The molecule has 1 fully saturated rings. The Morgan fingerprint density at radius 3 is 2.55 bits per heavy atom. The van der Waals surface area contributed by atoms with E-state index in [0.717, 1.165) is 49.3 Å². The minimum Gasteiger partial charge on any atom is -0.496 e. The lowest BCUT2D eigenvalue weighted by molar-refractivity contribution is 0.161. The first kappa shape index (κ1) is 23.1. The van der Waals surface area contributed by atoms with E-state index in [1.54, 1.807) is 7.11 Å². The van der Waals surface area contributed by atoms with Crippen molar-refractivity contribution in [3.8, 4) is 5.75 Å².